The summed E-state index contributed by atoms with van der Waals surface area (Å²) >= 11 is 0. The zero-order chi connectivity index (χ0) is 20.8. The molecular formula is C19H20N4O5S. The number of primary sulfonamides is 1. The topological polar surface area (TPSA) is 119 Å². The van der Waals surface area contributed by atoms with E-state index in [1.807, 2.05) is 30.1 Å². The Hall–Kier alpha value is -3.11. The van der Waals surface area contributed by atoms with Gasteiger partial charge in [0, 0.05) is 57.8 Å². The number of amides is 2. The van der Waals surface area contributed by atoms with Gasteiger partial charge in [0.2, 0.25) is 15.9 Å². The van der Waals surface area contributed by atoms with Gasteiger partial charge < -0.3 is 18.8 Å². The van der Waals surface area contributed by atoms with Crippen molar-refractivity contribution >= 4 is 27.9 Å². The lowest BCUT2D eigenvalue weighted by molar-refractivity contribution is -0.124. The minimum absolute atomic E-state index is 0.0751. The van der Waals surface area contributed by atoms with Gasteiger partial charge in [0.15, 0.2) is 5.76 Å². The molecule has 0 atom stereocenters. The van der Waals surface area contributed by atoms with Gasteiger partial charge in [-0.1, -0.05) is 0 Å². The number of hydrogen-bond acceptors (Lipinski definition) is 5. The predicted octanol–water partition coefficient (Wildman–Crippen LogP) is 0.574. The lowest BCUT2D eigenvalue weighted by atomic mass is 10.2. The smallest absolute Gasteiger partial charge is 0.290 e. The number of furan rings is 1. The maximum Gasteiger partial charge on any atom is 0.290 e. The molecule has 10 heteroatoms. The summed E-state index contributed by atoms with van der Waals surface area (Å²) in [4.78, 5) is 28.1. The van der Waals surface area contributed by atoms with E-state index in [1.165, 1.54) is 0 Å². The van der Waals surface area contributed by atoms with E-state index in [2.05, 4.69) is 0 Å². The highest BCUT2D eigenvalue weighted by molar-refractivity contribution is 7.89. The van der Waals surface area contributed by atoms with Gasteiger partial charge in [-0.2, -0.15) is 0 Å². The average Bonchev–Trinajstić information content (AvgIpc) is 3.40. The molecule has 2 aromatic rings. The maximum atomic E-state index is 12.6. The van der Waals surface area contributed by atoms with E-state index in [-0.39, 0.29) is 16.6 Å². The first-order chi connectivity index (χ1) is 13.7. The lowest BCUT2D eigenvalue weighted by Crippen LogP contribution is -2.35. The first-order valence-electron chi connectivity index (χ1n) is 8.90. The van der Waals surface area contributed by atoms with Crippen LogP contribution in [0.3, 0.4) is 0 Å². The molecule has 4 heterocycles. The van der Waals surface area contributed by atoms with E-state index in [1.54, 1.807) is 22.0 Å². The van der Waals surface area contributed by atoms with E-state index in [9.17, 15) is 18.0 Å². The molecule has 0 aliphatic carbocycles. The van der Waals surface area contributed by atoms with Crippen LogP contribution < -0.4 is 5.14 Å². The van der Waals surface area contributed by atoms with Crippen LogP contribution in [0, 0.1) is 0 Å². The number of carbonyl (C=O) groups is 2. The second-order valence-corrected chi connectivity index (χ2v) is 8.76. The Morgan fingerprint density at radius 2 is 1.79 bits per heavy atom. The van der Waals surface area contributed by atoms with Gasteiger partial charge in [-0.3, -0.25) is 9.59 Å². The molecule has 0 aromatic carbocycles. The molecule has 9 nitrogen and oxygen atoms in total. The average molecular weight is 416 g/mol. The molecule has 152 valence electrons. The molecule has 2 aliphatic rings. The summed E-state index contributed by atoms with van der Waals surface area (Å²) in [5.41, 5.74) is 3.01. The fourth-order valence-corrected chi connectivity index (χ4v) is 3.97. The van der Waals surface area contributed by atoms with Gasteiger partial charge in [-0.15, -0.1) is 0 Å². The van der Waals surface area contributed by atoms with Crippen molar-refractivity contribution in [1.29, 1.82) is 0 Å². The van der Waals surface area contributed by atoms with Gasteiger partial charge in [-0.05, 0) is 28.9 Å². The first-order valence-corrected chi connectivity index (χ1v) is 10.4. The van der Waals surface area contributed by atoms with Crippen LogP contribution in [-0.4, -0.2) is 60.8 Å². The fraction of sp³-hybridized carbons (Fsp3) is 0.263. The normalized spacial score (nSPS) is 16.9. The van der Waals surface area contributed by atoms with E-state index in [4.69, 9.17) is 9.56 Å². The Morgan fingerprint density at radius 1 is 1.14 bits per heavy atom. The van der Waals surface area contributed by atoms with Crippen molar-refractivity contribution in [3.63, 3.8) is 0 Å². The second kappa shape index (κ2) is 7.05. The van der Waals surface area contributed by atoms with Crippen LogP contribution in [0.5, 0.6) is 0 Å². The van der Waals surface area contributed by atoms with Crippen LogP contribution in [0.4, 0.5) is 0 Å². The molecule has 4 rings (SSSR count). The van der Waals surface area contributed by atoms with Crippen molar-refractivity contribution in [1.82, 2.24) is 14.4 Å². The number of nitrogens with zero attached hydrogens (tertiary/aromatic N) is 3. The van der Waals surface area contributed by atoms with Gasteiger partial charge >= 0.3 is 0 Å². The third kappa shape index (κ3) is 3.89. The van der Waals surface area contributed by atoms with Crippen LogP contribution in [0.2, 0.25) is 0 Å². The third-order valence-corrected chi connectivity index (χ3v) is 5.88. The molecular weight excluding hydrogens is 396 g/mol. The largest absolute Gasteiger partial charge is 0.458 e. The highest BCUT2D eigenvalue weighted by Crippen LogP contribution is 2.27. The number of nitrogens with two attached hydrogens (primary N) is 1. The van der Waals surface area contributed by atoms with Gasteiger partial charge in [-0.25, -0.2) is 13.6 Å². The monoisotopic (exact) mass is 416 g/mol. The summed E-state index contributed by atoms with van der Waals surface area (Å²) in [6, 6.07) is 3.05. The third-order valence-electron chi connectivity index (χ3n) is 5.01. The molecule has 0 fully saturated rings. The van der Waals surface area contributed by atoms with Crippen LogP contribution >= 0.6 is 0 Å². The van der Waals surface area contributed by atoms with Gasteiger partial charge in [0.1, 0.15) is 11.2 Å². The highest BCUT2D eigenvalue weighted by Gasteiger charge is 2.34. The number of carbonyl (C=O) groups excluding carboxylic acids is 2. The Morgan fingerprint density at radius 3 is 2.34 bits per heavy atom. The summed E-state index contributed by atoms with van der Waals surface area (Å²) in [5.74, 6) is -0.560. The van der Waals surface area contributed by atoms with E-state index in [0.717, 1.165) is 29.0 Å². The number of aromatic nitrogens is 1. The van der Waals surface area contributed by atoms with Crippen molar-refractivity contribution < 1.29 is 22.4 Å². The number of aryl methyl sites for hydroxylation is 1. The number of rotatable bonds is 4. The van der Waals surface area contributed by atoms with Gasteiger partial charge in [0.05, 0.1) is 0 Å². The quantitative estimate of drug-likeness (QED) is 0.577. The van der Waals surface area contributed by atoms with Gasteiger partial charge in [0.25, 0.3) is 5.91 Å². The summed E-state index contributed by atoms with van der Waals surface area (Å²) in [6.07, 6.45) is 8.12. The maximum absolute atomic E-state index is 12.6. The highest BCUT2D eigenvalue weighted by atomic mass is 32.2. The fourth-order valence-electron chi connectivity index (χ4n) is 3.51. The Kier molecular flexibility index (Phi) is 4.67. The summed E-state index contributed by atoms with van der Waals surface area (Å²) < 4.78 is 29.7. The molecule has 2 amide bonds. The van der Waals surface area contributed by atoms with Crippen molar-refractivity contribution in [2.24, 2.45) is 12.2 Å². The molecule has 0 unspecified atom stereocenters. The van der Waals surface area contributed by atoms with Crippen LogP contribution in [0.15, 0.2) is 57.3 Å². The molecule has 2 aliphatic heterocycles. The molecule has 2 aromatic heterocycles. The van der Waals surface area contributed by atoms with Crippen molar-refractivity contribution in [3.8, 4) is 0 Å². The molecule has 29 heavy (non-hydrogen) atoms. The zero-order valence-corrected chi connectivity index (χ0v) is 16.6. The Bertz CT molecular complexity index is 1140. The molecule has 0 spiro atoms. The SMILES string of the molecule is Cn1ccc(/C=C/C(=O)N2CC3=C(C2)CN(C(=O)c2cc(S(N)(=O)=O)co2)C3)c1. The molecule has 2 N–H and O–H groups in total. The lowest BCUT2D eigenvalue weighted by Gasteiger charge is -2.21. The molecule has 0 radical (unpaired) electrons. The minimum atomic E-state index is -3.92. The zero-order valence-electron chi connectivity index (χ0n) is 15.7. The summed E-state index contributed by atoms with van der Waals surface area (Å²) in [6.45, 7) is 1.70. The summed E-state index contributed by atoms with van der Waals surface area (Å²) in [5, 5.41) is 5.04. The van der Waals surface area contributed by atoms with E-state index in [0.29, 0.717) is 26.2 Å². The Balaban J connectivity index is 1.35. The standard InChI is InChI=1S/C19H20N4O5S/c1-21-5-4-13(7-21)2-3-18(24)22-8-14-10-23(11-15(14)9-22)19(25)17-6-16(12-28-17)29(20,26)27/h2-7,12H,8-11H2,1H3,(H2,20,26,27)/b3-2+. The van der Waals surface area contributed by atoms with Crippen molar-refractivity contribution in [2.75, 3.05) is 26.2 Å². The molecule has 0 bridgehead atoms. The predicted molar refractivity (Wildman–Crippen MR) is 104 cm³/mol. The molecule has 0 saturated heterocycles. The van der Waals surface area contributed by atoms with Crippen LogP contribution in [0.1, 0.15) is 16.1 Å². The van der Waals surface area contributed by atoms with Crippen molar-refractivity contribution in [3.05, 3.63) is 59.3 Å². The number of sulfonamides is 1. The second-order valence-electron chi connectivity index (χ2n) is 7.20. The summed E-state index contributed by atoms with van der Waals surface area (Å²) in [7, 11) is -2.01. The number of hydrogen-bond donors (Lipinski definition) is 1. The minimum Gasteiger partial charge on any atom is -0.458 e. The molecule has 0 saturated carbocycles. The first kappa shape index (κ1) is 19.2. The van der Waals surface area contributed by atoms with Crippen LogP contribution in [-0.2, 0) is 21.9 Å². The Labute approximate surface area is 167 Å². The van der Waals surface area contributed by atoms with Crippen LogP contribution in [0.25, 0.3) is 6.08 Å². The van der Waals surface area contributed by atoms with E-state index >= 15 is 0 Å². The van der Waals surface area contributed by atoms with Crippen molar-refractivity contribution in [2.45, 2.75) is 4.90 Å². The van der Waals surface area contributed by atoms with E-state index < -0.39 is 15.9 Å².